The Morgan fingerprint density at radius 3 is 2.32 bits per heavy atom. The number of hydrogen-bond acceptors (Lipinski definition) is 5. The van der Waals surface area contributed by atoms with Gasteiger partial charge in [0.05, 0.1) is 13.2 Å². The molecule has 34 heavy (non-hydrogen) atoms. The summed E-state index contributed by atoms with van der Waals surface area (Å²) in [6.45, 7) is 1.65. The Kier molecular flexibility index (Phi) is 8.42. The molecule has 0 aromatic heterocycles. The first kappa shape index (κ1) is 24.1. The number of hydrogen-bond donors (Lipinski definition) is 2. The van der Waals surface area contributed by atoms with Crippen molar-refractivity contribution < 1.29 is 19.1 Å². The van der Waals surface area contributed by atoms with Gasteiger partial charge >= 0.3 is 0 Å². The lowest BCUT2D eigenvalue weighted by Crippen LogP contribution is -2.27. The Morgan fingerprint density at radius 2 is 1.68 bits per heavy atom. The van der Waals surface area contributed by atoms with Gasteiger partial charge < -0.3 is 20.1 Å². The quantitative estimate of drug-likeness (QED) is 0.366. The fourth-order valence-electron chi connectivity index (χ4n) is 3.17. The molecule has 0 bridgehead atoms. The summed E-state index contributed by atoms with van der Waals surface area (Å²) < 4.78 is 11.0. The molecule has 0 heterocycles. The molecule has 0 aliphatic heterocycles. The average molecular weight is 456 g/mol. The molecule has 0 aliphatic rings. The van der Waals surface area contributed by atoms with Gasteiger partial charge in [0.1, 0.15) is 11.6 Å². The molecule has 1 atom stereocenters. The van der Waals surface area contributed by atoms with Crippen molar-refractivity contribution >= 4 is 23.6 Å². The Hall–Kier alpha value is -4.57. The number of methoxy groups -OCH3 is 1. The van der Waals surface area contributed by atoms with Crippen LogP contribution in [0.15, 0.2) is 84.4 Å². The van der Waals surface area contributed by atoms with Crippen molar-refractivity contribution in [2.45, 2.75) is 13.0 Å². The molecule has 2 amide bonds. The third-order valence-electron chi connectivity index (χ3n) is 4.93. The van der Waals surface area contributed by atoms with E-state index in [1.807, 2.05) is 61.5 Å². The number of nitrogens with one attached hydrogen (secondary N) is 2. The van der Waals surface area contributed by atoms with Crippen LogP contribution in [0.1, 0.15) is 24.1 Å². The second-order valence-electron chi connectivity index (χ2n) is 7.39. The third kappa shape index (κ3) is 6.71. The number of anilines is 1. The van der Waals surface area contributed by atoms with Gasteiger partial charge in [-0.25, -0.2) is 0 Å². The Balaban J connectivity index is 1.66. The summed E-state index contributed by atoms with van der Waals surface area (Å²) in [6.07, 6.45) is 1.47. The molecule has 3 aromatic rings. The van der Waals surface area contributed by atoms with Crippen molar-refractivity contribution in [2.24, 2.45) is 0 Å². The Morgan fingerprint density at radius 1 is 1.00 bits per heavy atom. The number of nitriles is 1. The molecule has 0 radical (unpaired) electrons. The number of nitrogens with zero attached hydrogens (tertiary/aromatic N) is 1. The monoisotopic (exact) mass is 455 g/mol. The molecule has 0 saturated heterocycles. The summed E-state index contributed by atoms with van der Waals surface area (Å²) in [6, 6.07) is 25.2. The zero-order valence-electron chi connectivity index (χ0n) is 18.9. The van der Waals surface area contributed by atoms with E-state index < -0.39 is 5.91 Å². The van der Waals surface area contributed by atoms with E-state index in [4.69, 9.17) is 9.47 Å². The van der Waals surface area contributed by atoms with E-state index in [0.717, 1.165) is 5.56 Å². The fraction of sp³-hybridized carbons (Fsp3) is 0.148. The summed E-state index contributed by atoms with van der Waals surface area (Å²) >= 11 is 0. The van der Waals surface area contributed by atoms with E-state index in [1.54, 1.807) is 30.3 Å². The van der Waals surface area contributed by atoms with Crippen LogP contribution in [-0.2, 0) is 9.59 Å². The number of rotatable bonds is 9. The molecule has 0 aliphatic carbocycles. The summed E-state index contributed by atoms with van der Waals surface area (Å²) in [5.41, 5.74) is 2.15. The highest BCUT2D eigenvalue weighted by molar-refractivity contribution is 6.02. The lowest BCUT2D eigenvalue weighted by Gasteiger charge is -2.14. The smallest absolute Gasteiger partial charge is 0.262 e. The molecule has 7 nitrogen and oxygen atoms in total. The molecule has 3 aromatic carbocycles. The Bertz CT molecular complexity index is 1200. The van der Waals surface area contributed by atoms with Gasteiger partial charge in [0, 0.05) is 5.69 Å². The molecule has 172 valence electrons. The van der Waals surface area contributed by atoms with E-state index in [0.29, 0.717) is 22.7 Å². The lowest BCUT2D eigenvalue weighted by molar-refractivity contribution is -0.118. The molecule has 0 unspecified atom stereocenters. The maximum atomic E-state index is 12.6. The highest BCUT2D eigenvalue weighted by Crippen LogP contribution is 2.29. The first-order valence-electron chi connectivity index (χ1n) is 10.6. The van der Waals surface area contributed by atoms with Gasteiger partial charge in [0.2, 0.25) is 0 Å². The van der Waals surface area contributed by atoms with Crippen molar-refractivity contribution in [3.63, 3.8) is 0 Å². The molecule has 2 N–H and O–H groups in total. The predicted octanol–water partition coefficient (Wildman–Crippen LogP) is 4.50. The fourth-order valence-corrected chi connectivity index (χ4v) is 3.17. The van der Waals surface area contributed by atoms with E-state index >= 15 is 0 Å². The third-order valence-corrected chi connectivity index (χ3v) is 4.93. The van der Waals surface area contributed by atoms with E-state index in [-0.39, 0.29) is 24.1 Å². The maximum absolute atomic E-state index is 12.6. The minimum Gasteiger partial charge on any atom is -0.493 e. The van der Waals surface area contributed by atoms with Crippen LogP contribution < -0.4 is 20.1 Å². The van der Waals surface area contributed by atoms with Crippen LogP contribution in [0.25, 0.3) is 6.08 Å². The number of para-hydroxylation sites is 1. The first-order valence-corrected chi connectivity index (χ1v) is 10.6. The zero-order chi connectivity index (χ0) is 24.3. The van der Waals surface area contributed by atoms with Crippen molar-refractivity contribution in [3.8, 4) is 17.6 Å². The van der Waals surface area contributed by atoms with Crippen LogP contribution in [0.5, 0.6) is 11.5 Å². The standard InChI is InChI=1S/C27H25N3O4/c1-19(21-9-5-3-6-10-21)29-27(32)22(17-28)15-20-13-14-24(25(16-20)33-2)34-18-26(31)30-23-11-7-4-8-12-23/h3-16,19H,18H2,1-2H3,(H,29,32)(H,30,31)/b22-15+/t19-/m1/s1. The van der Waals surface area contributed by atoms with E-state index in [2.05, 4.69) is 10.6 Å². The van der Waals surface area contributed by atoms with Gasteiger partial charge in [-0.05, 0) is 48.4 Å². The summed E-state index contributed by atoms with van der Waals surface area (Å²) in [5, 5.41) is 15.1. The minimum atomic E-state index is -0.476. The summed E-state index contributed by atoms with van der Waals surface area (Å²) in [5.74, 6) is -0.0518. The molecular weight excluding hydrogens is 430 g/mol. The molecular formula is C27H25N3O4. The minimum absolute atomic E-state index is 0.0410. The summed E-state index contributed by atoms with van der Waals surface area (Å²) in [7, 11) is 1.47. The van der Waals surface area contributed by atoms with Gasteiger partial charge in [-0.1, -0.05) is 54.6 Å². The van der Waals surface area contributed by atoms with Gasteiger partial charge in [0.25, 0.3) is 11.8 Å². The maximum Gasteiger partial charge on any atom is 0.262 e. The first-order chi connectivity index (χ1) is 16.5. The highest BCUT2D eigenvalue weighted by Gasteiger charge is 2.15. The Labute approximate surface area is 198 Å². The number of benzene rings is 3. The second-order valence-corrected chi connectivity index (χ2v) is 7.39. The van der Waals surface area contributed by atoms with E-state index in [9.17, 15) is 14.9 Å². The molecule has 0 saturated carbocycles. The van der Waals surface area contributed by atoms with Crippen LogP contribution in [-0.4, -0.2) is 25.5 Å². The zero-order valence-corrected chi connectivity index (χ0v) is 18.9. The second kappa shape index (κ2) is 11.9. The van der Waals surface area contributed by atoms with Crippen LogP contribution in [0.3, 0.4) is 0 Å². The molecule has 0 spiro atoms. The molecule has 0 fully saturated rings. The summed E-state index contributed by atoms with van der Waals surface area (Å²) in [4.78, 5) is 24.7. The van der Waals surface area contributed by atoms with Crippen LogP contribution >= 0.6 is 0 Å². The topological polar surface area (TPSA) is 100 Å². The van der Waals surface area contributed by atoms with Gasteiger partial charge in [0.15, 0.2) is 18.1 Å². The lowest BCUT2D eigenvalue weighted by atomic mass is 10.1. The largest absolute Gasteiger partial charge is 0.493 e. The van der Waals surface area contributed by atoms with Gasteiger partial charge in [-0.3, -0.25) is 9.59 Å². The number of carbonyl (C=O) groups excluding carboxylic acids is 2. The predicted molar refractivity (Wildman–Crippen MR) is 130 cm³/mol. The van der Waals surface area contributed by atoms with Crippen LogP contribution in [0, 0.1) is 11.3 Å². The van der Waals surface area contributed by atoms with Crippen LogP contribution in [0.4, 0.5) is 5.69 Å². The number of amides is 2. The normalized spacial score (nSPS) is 11.6. The van der Waals surface area contributed by atoms with Gasteiger partial charge in [-0.15, -0.1) is 0 Å². The van der Waals surface area contributed by atoms with Gasteiger partial charge in [-0.2, -0.15) is 5.26 Å². The molecule has 7 heteroatoms. The van der Waals surface area contributed by atoms with Crippen molar-refractivity contribution in [1.29, 1.82) is 5.26 Å². The SMILES string of the molecule is COc1cc(/C=C(\C#N)C(=O)N[C@H](C)c2ccccc2)ccc1OCC(=O)Nc1ccccc1. The van der Waals surface area contributed by atoms with Crippen molar-refractivity contribution in [2.75, 3.05) is 19.0 Å². The number of carbonyl (C=O) groups is 2. The van der Waals surface area contributed by atoms with Crippen molar-refractivity contribution in [3.05, 3.63) is 95.6 Å². The van der Waals surface area contributed by atoms with Crippen LogP contribution in [0.2, 0.25) is 0 Å². The highest BCUT2D eigenvalue weighted by atomic mass is 16.5. The van der Waals surface area contributed by atoms with Crippen molar-refractivity contribution in [1.82, 2.24) is 5.32 Å². The average Bonchev–Trinajstić information content (AvgIpc) is 2.87. The number of ether oxygens (including phenoxy) is 2. The van der Waals surface area contributed by atoms with E-state index in [1.165, 1.54) is 13.2 Å². The molecule has 3 rings (SSSR count).